The van der Waals surface area contributed by atoms with Gasteiger partial charge in [0.15, 0.2) is 0 Å². The molecule has 2 saturated heterocycles. The second-order valence-electron chi connectivity index (χ2n) is 9.76. The highest BCUT2D eigenvalue weighted by atomic mass is 32.2. The average Bonchev–Trinajstić information content (AvgIpc) is 3.29. The third-order valence-electron chi connectivity index (χ3n) is 7.33. The smallest absolute Gasteiger partial charge is 0.251 e. The number of hydrogen-bond acceptors (Lipinski definition) is 6. The van der Waals surface area contributed by atoms with Crippen LogP contribution in [0.5, 0.6) is 5.75 Å². The van der Waals surface area contributed by atoms with Gasteiger partial charge in [-0.05, 0) is 62.6 Å². The average molecular weight is 515 g/mol. The van der Waals surface area contributed by atoms with Crippen LogP contribution in [-0.2, 0) is 16.4 Å². The van der Waals surface area contributed by atoms with Crippen LogP contribution in [0.4, 0.5) is 4.39 Å². The Morgan fingerprint density at radius 2 is 2.03 bits per heavy atom. The molecule has 2 aliphatic rings. The van der Waals surface area contributed by atoms with Crippen molar-refractivity contribution in [1.82, 2.24) is 20.4 Å². The van der Waals surface area contributed by atoms with E-state index in [4.69, 9.17) is 4.74 Å². The Labute approximate surface area is 210 Å². The van der Waals surface area contributed by atoms with Crippen LogP contribution in [0.15, 0.2) is 36.4 Å². The van der Waals surface area contributed by atoms with Crippen molar-refractivity contribution in [2.75, 3.05) is 31.7 Å². The molecule has 192 valence electrons. The van der Waals surface area contributed by atoms with Gasteiger partial charge >= 0.3 is 0 Å². The van der Waals surface area contributed by atoms with Crippen molar-refractivity contribution >= 4 is 26.6 Å². The van der Waals surface area contributed by atoms with Crippen molar-refractivity contribution in [3.05, 3.63) is 59.0 Å². The number of H-pyrrole nitrogens is 1. The maximum Gasteiger partial charge on any atom is 0.251 e. The third-order valence-corrected chi connectivity index (χ3v) is 9.04. The minimum absolute atomic E-state index is 0.0490. The molecule has 0 bridgehead atoms. The lowest BCUT2D eigenvalue weighted by molar-refractivity contribution is 0.0899. The molecule has 3 heterocycles. The summed E-state index contributed by atoms with van der Waals surface area (Å²) >= 11 is 0. The Morgan fingerprint density at radius 3 is 2.81 bits per heavy atom. The maximum atomic E-state index is 14.4. The molecule has 0 saturated carbocycles. The number of halogens is 1. The second-order valence-corrected chi connectivity index (χ2v) is 12.1. The van der Waals surface area contributed by atoms with Gasteiger partial charge in [0.1, 0.15) is 21.4 Å². The largest absolute Gasteiger partial charge is 0.496 e. The second kappa shape index (κ2) is 10.2. The highest BCUT2D eigenvalue weighted by molar-refractivity contribution is 7.91. The fourth-order valence-corrected chi connectivity index (χ4v) is 6.85. The van der Waals surface area contributed by atoms with E-state index in [-0.39, 0.29) is 35.2 Å². The molecule has 0 radical (unpaired) electrons. The molecule has 0 unspecified atom stereocenters. The number of ether oxygens (including phenoxy) is 1. The maximum absolute atomic E-state index is 14.4. The number of nitrogens with one attached hydrogen (secondary N) is 2. The summed E-state index contributed by atoms with van der Waals surface area (Å²) in [5, 5.41) is 11.5. The van der Waals surface area contributed by atoms with E-state index in [9.17, 15) is 17.6 Å². The minimum atomic E-state index is -2.96. The number of piperidine rings is 1. The first kappa shape index (κ1) is 24.7. The summed E-state index contributed by atoms with van der Waals surface area (Å²) in [7, 11) is -1.42. The highest BCUT2D eigenvalue weighted by Gasteiger charge is 2.28. The lowest BCUT2D eigenvalue weighted by atomic mass is 9.95. The lowest BCUT2D eigenvalue weighted by Gasteiger charge is -2.33. The topological polar surface area (TPSA) is 104 Å². The standard InChI is InChI=1S/C26H31FN4O4S/c1-35-24-6-2-5-22(27)21(24)16-31-11-3-4-19(15-31)28-26(32)18-7-8-23-20(14-18)25(30-29-23)17-9-12-36(33,34)13-10-17/h2,5-8,14,17,19H,3-4,9-13,15-16H2,1H3,(H,28,32)(H,29,30)/t19-/m1/s1. The van der Waals surface area contributed by atoms with Crippen LogP contribution in [0.2, 0.25) is 0 Å². The zero-order valence-corrected chi connectivity index (χ0v) is 21.1. The van der Waals surface area contributed by atoms with Crippen molar-refractivity contribution in [2.45, 2.75) is 44.2 Å². The SMILES string of the molecule is COc1cccc(F)c1CN1CCC[C@@H](NC(=O)c2ccc3n[nH]c(C4CCS(=O)(=O)CC4)c3c2)C1. The van der Waals surface area contributed by atoms with Crippen molar-refractivity contribution in [3.8, 4) is 5.75 Å². The fourth-order valence-electron chi connectivity index (χ4n) is 5.35. The molecule has 3 aromatic rings. The van der Waals surface area contributed by atoms with E-state index in [1.807, 2.05) is 12.1 Å². The number of benzene rings is 2. The van der Waals surface area contributed by atoms with Crippen molar-refractivity contribution < 1.29 is 22.3 Å². The summed E-state index contributed by atoms with van der Waals surface area (Å²) in [6.07, 6.45) is 2.87. The van der Waals surface area contributed by atoms with Gasteiger partial charge in [0.25, 0.3) is 5.91 Å². The lowest BCUT2D eigenvalue weighted by Crippen LogP contribution is -2.47. The number of rotatable bonds is 6. The van der Waals surface area contributed by atoms with E-state index in [2.05, 4.69) is 20.4 Å². The zero-order chi connectivity index (χ0) is 25.3. The molecule has 1 aromatic heterocycles. The van der Waals surface area contributed by atoms with Crippen LogP contribution in [0.25, 0.3) is 10.9 Å². The van der Waals surface area contributed by atoms with E-state index in [0.717, 1.165) is 36.0 Å². The Balaban J connectivity index is 1.27. The minimum Gasteiger partial charge on any atom is -0.496 e. The normalized spacial score (nSPS) is 20.9. The highest BCUT2D eigenvalue weighted by Crippen LogP contribution is 2.33. The Hall–Kier alpha value is -2.98. The molecule has 2 aromatic carbocycles. The number of hydrogen-bond donors (Lipinski definition) is 2. The summed E-state index contributed by atoms with van der Waals surface area (Å²) in [6, 6.07) is 10.2. The van der Waals surface area contributed by atoms with E-state index >= 15 is 0 Å². The first-order valence-corrected chi connectivity index (χ1v) is 14.2. The van der Waals surface area contributed by atoms with Gasteiger partial charge in [0.2, 0.25) is 0 Å². The van der Waals surface area contributed by atoms with E-state index in [1.54, 1.807) is 18.2 Å². The van der Waals surface area contributed by atoms with Crippen LogP contribution < -0.4 is 10.1 Å². The van der Waals surface area contributed by atoms with Gasteiger partial charge in [-0.2, -0.15) is 5.10 Å². The first-order chi connectivity index (χ1) is 17.3. The molecule has 5 rings (SSSR count). The molecule has 2 N–H and O–H groups in total. The molecule has 0 spiro atoms. The fraction of sp³-hybridized carbons (Fsp3) is 0.462. The van der Waals surface area contributed by atoms with Crippen LogP contribution in [0.3, 0.4) is 0 Å². The van der Waals surface area contributed by atoms with Crippen molar-refractivity contribution in [3.63, 3.8) is 0 Å². The summed E-state index contributed by atoms with van der Waals surface area (Å²) in [4.78, 5) is 15.3. The molecule has 2 fully saturated rings. The van der Waals surface area contributed by atoms with Crippen LogP contribution in [0.1, 0.15) is 53.2 Å². The van der Waals surface area contributed by atoms with Crippen LogP contribution in [0, 0.1) is 5.82 Å². The summed E-state index contributed by atoms with van der Waals surface area (Å²) in [5.41, 5.74) is 2.73. The molecule has 0 aliphatic carbocycles. The summed E-state index contributed by atoms with van der Waals surface area (Å²) in [6.45, 7) is 1.87. The molecule has 2 aliphatic heterocycles. The molecule has 1 atom stereocenters. The predicted octanol–water partition coefficient (Wildman–Crippen LogP) is 3.40. The number of carbonyl (C=O) groups is 1. The number of carbonyl (C=O) groups excluding carboxylic acids is 1. The van der Waals surface area contributed by atoms with Gasteiger partial charge < -0.3 is 10.1 Å². The number of sulfone groups is 1. The molecular weight excluding hydrogens is 483 g/mol. The zero-order valence-electron chi connectivity index (χ0n) is 20.3. The van der Waals surface area contributed by atoms with Gasteiger partial charge in [0.05, 0.1) is 24.1 Å². The van der Waals surface area contributed by atoms with Crippen LogP contribution >= 0.6 is 0 Å². The quantitative estimate of drug-likeness (QED) is 0.523. The molecular formula is C26H31FN4O4S. The first-order valence-electron chi connectivity index (χ1n) is 12.4. The van der Waals surface area contributed by atoms with Crippen LogP contribution in [-0.4, -0.2) is 67.2 Å². The molecule has 10 heteroatoms. The van der Waals surface area contributed by atoms with Gasteiger partial charge in [-0.3, -0.25) is 14.8 Å². The van der Waals surface area contributed by atoms with Gasteiger partial charge in [-0.25, -0.2) is 12.8 Å². The van der Waals surface area contributed by atoms with E-state index in [1.165, 1.54) is 13.2 Å². The Kier molecular flexibility index (Phi) is 6.98. The van der Waals surface area contributed by atoms with E-state index in [0.29, 0.717) is 42.8 Å². The summed E-state index contributed by atoms with van der Waals surface area (Å²) < 4.78 is 43.4. The van der Waals surface area contributed by atoms with Crippen molar-refractivity contribution in [1.29, 1.82) is 0 Å². The third kappa shape index (κ3) is 5.24. The Morgan fingerprint density at radius 1 is 1.22 bits per heavy atom. The Bertz CT molecular complexity index is 1360. The molecule has 36 heavy (non-hydrogen) atoms. The molecule has 8 nitrogen and oxygen atoms in total. The number of methoxy groups -OCH3 is 1. The number of aromatic amines is 1. The van der Waals surface area contributed by atoms with Gasteiger partial charge in [0, 0.05) is 47.3 Å². The number of fused-ring (bicyclic) bond motifs is 1. The monoisotopic (exact) mass is 514 g/mol. The van der Waals surface area contributed by atoms with Gasteiger partial charge in [-0.15, -0.1) is 0 Å². The number of aromatic nitrogens is 2. The predicted molar refractivity (Wildman–Crippen MR) is 135 cm³/mol. The number of amides is 1. The van der Waals surface area contributed by atoms with Crippen molar-refractivity contribution in [2.24, 2.45) is 0 Å². The number of nitrogens with zero attached hydrogens (tertiary/aromatic N) is 2. The molecule has 1 amide bonds. The van der Waals surface area contributed by atoms with E-state index < -0.39 is 9.84 Å². The number of likely N-dealkylation sites (tertiary alicyclic amines) is 1. The summed E-state index contributed by atoms with van der Waals surface area (Å²) in [5.74, 6) is 0.510. The van der Waals surface area contributed by atoms with Gasteiger partial charge in [-0.1, -0.05) is 6.07 Å².